The number of carboxylic acids is 1. The van der Waals surface area contributed by atoms with Crippen LogP contribution in [-0.2, 0) is 26.3 Å². The molecular weight excluding hydrogens is 510 g/mol. The summed E-state index contributed by atoms with van der Waals surface area (Å²) < 4.78 is 1.48. The van der Waals surface area contributed by atoms with Crippen molar-refractivity contribution in [1.82, 2.24) is 35.4 Å². The molecule has 2 aromatic heterocycles. The Morgan fingerprint density at radius 2 is 2.28 bits per heavy atom. The molecule has 3 unspecified atom stereocenters. The molecule has 0 saturated carbocycles. The molecular formula is C20H23N9O5S2. The van der Waals surface area contributed by atoms with Gasteiger partial charge in [-0.25, -0.2) is 14.5 Å². The minimum Gasteiger partial charge on any atom is -0.477 e. The maximum atomic E-state index is 12.8. The molecule has 1 fully saturated rings. The third-order valence-electron chi connectivity index (χ3n) is 5.36. The molecule has 190 valence electrons. The van der Waals surface area contributed by atoms with Crippen LogP contribution in [0.5, 0.6) is 0 Å². The number of nitrogens with two attached hydrogens (primary N) is 1. The molecule has 4 N–H and O–H groups in total. The van der Waals surface area contributed by atoms with Gasteiger partial charge in [0.1, 0.15) is 29.1 Å². The van der Waals surface area contributed by atoms with E-state index in [0.717, 1.165) is 6.21 Å². The highest BCUT2D eigenvalue weighted by atomic mass is 32.2. The minimum atomic E-state index is -1.21. The number of rotatable bonds is 10. The monoisotopic (exact) mass is 533 g/mol. The first kappa shape index (κ1) is 25.4. The van der Waals surface area contributed by atoms with Gasteiger partial charge in [0, 0.05) is 18.6 Å². The van der Waals surface area contributed by atoms with Crippen molar-refractivity contribution in [1.29, 1.82) is 0 Å². The highest BCUT2D eigenvalue weighted by Crippen LogP contribution is 2.41. The molecule has 0 radical (unpaired) electrons. The van der Waals surface area contributed by atoms with Crippen molar-refractivity contribution in [3.05, 3.63) is 35.2 Å². The molecule has 3 atom stereocenters. The van der Waals surface area contributed by atoms with Crippen LogP contribution in [-0.4, -0.2) is 82.1 Å². The number of oxime groups is 1. The van der Waals surface area contributed by atoms with Crippen molar-refractivity contribution in [3.8, 4) is 0 Å². The van der Waals surface area contributed by atoms with E-state index in [2.05, 4.69) is 31.0 Å². The number of carboxylic acid groups (broad SMARTS) is 1. The number of hydrogen-bond acceptors (Lipinski definition) is 12. The Labute approximate surface area is 213 Å². The van der Waals surface area contributed by atoms with E-state index >= 15 is 0 Å². The first-order chi connectivity index (χ1) is 17.3. The van der Waals surface area contributed by atoms with Crippen molar-refractivity contribution < 1.29 is 24.3 Å². The number of amides is 2. The van der Waals surface area contributed by atoms with E-state index < -0.39 is 35.3 Å². The van der Waals surface area contributed by atoms with Gasteiger partial charge >= 0.3 is 5.97 Å². The summed E-state index contributed by atoms with van der Waals surface area (Å²) >= 11 is 2.65. The fourth-order valence-electron chi connectivity index (χ4n) is 3.62. The minimum absolute atomic E-state index is 0.0747. The average molecular weight is 534 g/mol. The van der Waals surface area contributed by atoms with Crippen LogP contribution in [0.25, 0.3) is 0 Å². The zero-order valence-electron chi connectivity index (χ0n) is 19.3. The number of nitrogen functional groups attached to an aromatic ring is 1. The van der Waals surface area contributed by atoms with E-state index in [9.17, 15) is 19.5 Å². The SMILES string of the molecule is CCC(O/N=C/C(=O)NC1C(=O)N2C(C(=O)O)=C(CSc3nnnn3C)CSC12)c1cccc(N)n1. The number of hydrogen-bond donors (Lipinski definition) is 3. The summed E-state index contributed by atoms with van der Waals surface area (Å²) in [6.45, 7) is 1.87. The lowest BCUT2D eigenvalue weighted by Gasteiger charge is -2.49. The van der Waals surface area contributed by atoms with Crippen molar-refractivity contribution in [2.45, 2.75) is 36.0 Å². The number of tetrazole rings is 1. The molecule has 36 heavy (non-hydrogen) atoms. The van der Waals surface area contributed by atoms with Crippen molar-refractivity contribution in [3.63, 3.8) is 0 Å². The van der Waals surface area contributed by atoms with Gasteiger partial charge in [-0.05, 0) is 34.6 Å². The topological polar surface area (TPSA) is 191 Å². The Morgan fingerprint density at radius 3 is 2.94 bits per heavy atom. The molecule has 4 rings (SSSR count). The van der Waals surface area contributed by atoms with Gasteiger partial charge in [-0.15, -0.1) is 16.9 Å². The van der Waals surface area contributed by atoms with Crippen LogP contribution < -0.4 is 11.1 Å². The molecule has 0 spiro atoms. The van der Waals surface area contributed by atoms with Crippen molar-refractivity contribution >= 4 is 53.3 Å². The highest BCUT2D eigenvalue weighted by molar-refractivity contribution is 8.01. The molecule has 2 amide bonds. The summed E-state index contributed by atoms with van der Waals surface area (Å²) in [6.07, 6.45) is 0.982. The summed E-state index contributed by atoms with van der Waals surface area (Å²) in [5, 5.41) is 27.2. The van der Waals surface area contributed by atoms with Crippen LogP contribution in [0.3, 0.4) is 0 Å². The fourth-order valence-corrected chi connectivity index (χ4v) is 5.95. The lowest BCUT2D eigenvalue weighted by atomic mass is 10.0. The first-order valence-electron chi connectivity index (χ1n) is 10.8. The van der Waals surface area contributed by atoms with Crippen LogP contribution in [0.4, 0.5) is 5.82 Å². The van der Waals surface area contributed by atoms with Gasteiger partial charge in [-0.3, -0.25) is 14.5 Å². The number of pyridine rings is 1. The van der Waals surface area contributed by atoms with Crippen LogP contribution in [0.1, 0.15) is 25.1 Å². The number of aromatic nitrogens is 5. The number of carbonyl (C=O) groups is 3. The lowest BCUT2D eigenvalue weighted by molar-refractivity contribution is -0.150. The summed E-state index contributed by atoms with van der Waals surface area (Å²) in [6, 6.07) is 4.26. The standard InChI is InChI=1S/C20H23N9O5S2/c1-3-12(11-5-4-6-13(21)23-11)34-22-7-14(30)24-15-17(31)29-16(19(32)33)10(8-35-18(15)29)9-36-20-25-26-27-28(20)2/h4-7,12,15,18H,3,8-9H2,1-2H3,(H2,21,23)(H,24,30)(H,32,33)/b22-7+. The van der Waals surface area contributed by atoms with Crippen LogP contribution >= 0.6 is 23.5 Å². The van der Waals surface area contributed by atoms with Crippen LogP contribution in [0.2, 0.25) is 0 Å². The fraction of sp³-hybridized carbons (Fsp3) is 0.400. The lowest BCUT2D eigenvalue weighted by Crippen LogP contribution is -2.70. The Kier molecular flexibility index (Phi) is 7.73. The zero-order chi connectivity index (χ0) is 25.8. The number of thioether (sulfide) groups is 2. The molecule has 0 bridgehead atoms. The molecule has 14 nitrogen and oxygen atoms in total. The van der Waals surface area contributed by atoms with Crippen LogP contribution in [0, 0.1) is 0 Å². The van der Waals surface area contributed by atoms with E-state index in [4.69, 9.17) is 10.6 Å². The van der Waals surface area contributed by atoms with E-state index in [1.807, 2.05) is 6.92 Å². The Bertz CT molecular complexity index is 1230. The second-order valence-corrected chi connectivity index (χ2v) is 9.80. The van der Waals surface area contributed by atoms with Gasteiger partial charge in [-0.2, -0.15) is 0 Å². The number of aliphatic carboxylic acids is 1. The third kappa shape index (κ3) is 5.28. The van der Waals surface area contributed by atoms with E-state index in [1.165, 1.54) is 33.1 Å². The number of carbonyl (C=O) groups excluding carboxylic acids is 2. The van der Waals surface area contributed by atoms with Gasteiger partial charge in [0.2, 0.25) is 5.16 Å². The number of anilines is 1. The number of nitrogens with one attached hydrogen (secondary N) is 1. The summed E-state index contributed by atoms with van der Waals surface area (Å²) in [5.41, 5.74) is 6.78. The van der Waals surface area contributed by atoms with Crippen molar-refractivity contribution in [2.75, 3.05) is 17.2 Å². The molecule has 16 heteroatoms. The maximum Gasteiger partial charge on any atom is 0.352 e. The van der Waals surface area contributed by atoms with E-state index in [0.29, 0.717) is 40.2 Å². The molecule has 0 aliphatic carbocycles. The van der Waals surface area contributed by atoms with Gasteiger partial charge < -0.3 is 21.0 Å². The van der Waals surface area contributed by atoms with Gasteiger partial charge in [0.25, 0.3) is 11.8 Å². The molecule has 4 heterocycles. The van der Waals surface area contributed by atoms with E-state index in [-0.39, 0.29) is 5.70 Å². The van der Waals surface area contributed by atoms with E-state index in [1.54, 1.807) is 25.2 Å². The third-order valence-corrected chi connectivity index (χ3v) is 7.79. The normalized spacial score (nSPS) is 20.2. The largest absolute Gasteiger partial charge is 0.477 e. The zero-order valence-corrected chi connectivity index (χ0v) is 20.9. The smallest absolute Gasteiger partial charge is 0.352 e. The molecule has 2 aliphatic rings. The van der Waals surface area contributed by atoms with Gasteiger partial charge in [0.15, 0.2) is 6.10 Å². The first-order valence-corrected chi connectivity index (χ1v) is 12.8. The van der Waals surface area contributed by atoms with Gasteiger partial charge in [0.05, 0.1) is 5.69 Å². The molecule has 0 aromatic carbocycles. The summed E-state index contributed by atoms with van der Waals surface area (Å²) in [5.74, 6) is -1.33. The van der Waals surface area contributed by atoms with Crippen LogP contribution in [0.15, 0.2) is 39.8 Å². The second kappa shape index (κ2) is 10.9. The Hall–Kier alpha value is -3.66. The maximum absolute atomic E-state index is 12.8. The Morgan fingerprint density at radius 1 is 1.47 bits per heavy atom. The summed E-state index contributed by atoms with van der Waals surface area (Å²) in [4.78, 5) is 47.9. The van der Waals surface area contributed by atoms with Gasteiger partial charge in [-0.1, -0.05) is 29.9 Å². The predicted molar refractivity (Wildman–Crippen MR) is 130 cm³/mol. The number of β-lactam (4-membered cyclic amide) rings is 1. The number of fused-ring (bicyclic) bond motifs is 1. The van der Waals surface area contributed by atoms with Crippen molar-refractivity contribution in [2.24, 2.45) is 12.2 Å². The highest BCUT2D eigenvalue weighted by Gasteiger charge is 2.54. The second-order valence-electron chi connectivity index (χ2n) is 7.75. The molecule has 2 aliphatic heterocycles. The quantitative estimate of drug-likeness (QED) is 0.163. The number of aryl methyl sites for hydroxylation is 1. The Balaban J connectivity index is 1.36. The molecule has 2 aromatic rings. The number of nitrogens with zero attached hydrogens (tertiary/aromatic N) is 7. The molecule has 1 saturated heterocycles. The summed E-state index contributed by atoms with van der Waals surface area (Å²) in [7, 11) is 1.68. The average Bonchev–Trinajstić information content (AvgIpc) is 3.27. The predicted octanol–water partition coefficient (Wildman–Crippen LogP) is 0.172.